The molecular formula is C14H20N4. The van der Waals surface area contributed by atoms with Crippen molar-refractivity contribution in [1.29, 1.82) is 0 Å². The molecule has 0 aliphatic heterocycles. The van der Waals surface area contributed by atoms with E-state index in [4.69, 9.17) is 0 Å². The van der Waals surface area contributed by atoms with Gasteiger partial charge >= 0.3 is 0 Å². The van der Waals surface area contributed by atoms with Crippen LogP contribution in [0.4, 0.5) is 5.82 Å². The van der Waals surface area contributed by atoms with Crippen LogP contribution in [0.2, 0.25) is 0 Å². The molecule has 4 nitrogen and oxygen atoms in total. The summed E-state index contributed by atoms with van der Waals surface area (Å²) in [5, 5.41) is 13.9. The second-order valence-electron chi connectivity index (χ2n) is 4.92. The van der Waals surface area contributed by atoms with Crippen LogP contribution in [0.1, 0.15) is 13.3 Å². The van der Waals surface area contributed by atoms with Crippen molar-refractivity contribution < 1.29 is 0 Å². The second-order valence-corrected chi connectivity index (χ2v) is 4.92. The molecule has 2 aromatic rings. The SMILES string of the molecule is CC(CCN(C)C)Nc1nncc2ccccc12. The summed E-state index contributed by atoms with van der Waals surface area (Å²) in [5.74, 6) is 0.874. The molecule has 1 atom stereocenters. The summed E-state index contributed by atoms with van der Waals surface area (Å²) >= 11 is 0. The van der Waals surface area contributed by atoms with Crippen LogP contribution < -0.4 is 5.32 Å². The molecular weight excluding hydrogens is 224 g/mol. The summed E-state index contributed by atoms with van der Waals surface area (Å²) < 4.78 is 0. The summed E-state index contributed by atoms with van der Waals surface area (Å²) in [7, 11) is 4.18. The fraction of sp³-hybridized carbons (Fsp3) is 0.429. The first-order valence-corrected chi connectivity index (χ1v) is 6.28. The van der Waals surface area contributed by atoms with Crippen molar-refractivity contribution in [2.75, 3.05) is 26.0 Å². The van der Waals surface area contributed by atoms with Gasteiger partial charge in [0.15, 0.2) is 5.82 Å². The summed E-state index contributed by atoms with van der Waals surface area (Å²) in [6, 6.07) is 8.56. The number of rotatable bonds is 5. The van der Waals surface area contributed by atoms with Crippen molar-refractivity contribution in [1.82, 2.24) is 15.1 Å². The molecule has 0 spiro atoms. The largest absolute Gasteiger partial charge is 0.366 e. The van der Waals surface area contributed by atoms with E-state index < -0.39 is 0 Å². The van der Waals surface area contributed by atoms with E-state index in [1.54, 1.807) is 6.20 Å². The Bertz CT molecular complexity index is 505. The zero-order chi connectivity index (χ0) is 13.0. The van der Waals surface area contributed by atoms with Gasteiger partial charge in [0.05, 0.1) is 6.20 Å². The zero-order valence-electron chi connectivity index (χ0n) is 11.2. The lowest BCUT2D eigenvalue weighted by Gasteiger charge is -2.17. The van der Waals surface area contributed by atoms with Gasteiger partial charge in [-0.2, -0.15) is 5.10 Å². The molecule has 0 amide bonds. The molecule has 4 heteroatoms. The highest BCUT2D eigenvalue weighted by Crippen LogP contribution is 2.20. The van der Waals surface area contributed by atoms with E-state index in [2.05, 4.69) is 53.6 Å². The molecule has 96 valence electrons. The predicted octanol–water partition coefficient (Wildman–Crippen LogP) is 2.38. The number of fused-ring (bicyclic) bond motifs is 1. The Labute approximate surface area is 108 Å². The molecule has 2 rings (SSSR count). The van der Waals surface area contributed by atoms with Gasteiger partial charge in [-0.05, 0) is 34.0 Å². The smallest absolute Gasteiger partial charge is 0.156 e. The Kier molecular flexibility index (Phi) is 4.10. The first kappa shape index (κ1) is 12.8. The van der Waals surface area contributed by atoms with Crippen molar-refractivity contribution in [3.8, 4) is 0 Å². The number of anilines is 1. The van der Waals surface area contributed by atoms with Crippen molar-refractivity contribution >= 4 is 16.6 Å². The van der Waals surface area contributed by atoms with Crippen molar-refractivity contribution in [2.45, 2.75) is 19.4 Å². The van der Waals surface area contributed by atoms with E-state index in [1.165, 1.54) is 0 Å². The molecule has 0 saturated carbocycles. The normalized spacial score (nSPS) is 12.9. The first-order valence-electron chi connectivity index (χ1n) is 6.28. The monoisotopic (exact) mass is 244 g/mol. The van der Waals surface area contributed by atoms with Gasteiger partial charge in [-0.3, -0.25) is 0 Å². The first-order chi connectivity index (χ1) is 8.66. The molecule has 1 N–H and O–H groups in total. The highest BCUT2D eigenvalue weighted by Gasteiger charge is 2.07. The van der Waals surface area contributed by atoms with Crippen molar-refractivity contribution in [3.63, 3.8) is 0 Å². The van der Waals surface area contributed by atoms with Crippen molar-refractivity contribution in [3.05, 3.63) is 30.5 Å². The topological polar surface area (TPSA) is 41.0 Å². The van der Waals surface area contributed by atoms with E-state index in [0.717, 1.165) is 29.6 Å². The molecule has 0 saturated heterocycles. The van der Waals surface area contributed by atoms with Gasteiger partial charge in [0.1, 0.15) is 0 Å². The molecule has 0 aliphatic carbocycles. The molecule has 1 unspecified atom stereocenters. The van der Waals surface area contributed by atoms with Crippen LogP contribution in [0.5, 0.6) is 0 Å². The number of hydrogen-bond acceptors (Lipinski definition) is 4. The Morgan fingerprint density at radius 1 is 1.28 bits per heavy atom. The van der Waals surface area contributed by atoms with Gasteiger partial charge in [-0.1, -0.05) is 24.3 Å². The van der Waals surface area contributed by atoms with Gasteiger partial charge in [-0.25, -0.2) is 0 Å². The van der Waals surface area contributed by atoms with Gasteiger partial charge in [-0.15, -0.1) is 5.10 Å². The molecule has 1 aromatic heterocycles. The third kappa shape index (κ3) is 3.17. The van der Waals surface area contributed by atoms with Crippen LogP contribution in [0.15, 0.2) is 30.5 Å². The summed E-state index contributed by atoms with van der Waals surface area (Å²) in [5.41, 5.74) is 0. The third-order valence-electron chi connectivity index (χ3n) is 2.96. The molecule has 0 bridgehead atoms. The van der Waals surface area contributed by atoms with Crippen LogP contribution >= 0.6 is 0 Å². The summed E-state index contributed by atoms with van der Waals surface area (Å²) in [4.78, 5) is 2.19. The lowest BCUT2D eigenvalue weighted by atomic mass is 10.1. The van der Waals surface area contributed by atoms with E-state index in [-0.39, 0.29) is 0 Å². The Hall–Kier alpha value is -1.68. The minimum Gasteiger partial charge on any atom is -0.366 e. The Balaban J connectivity index is 2.11. The van der Waals surface area contributed by atoms with Gasteiger partial charge in [0, 0.05) is 16.8 Å². The van der Waals surface area contributed by atoms with Crippen LogP contribution in [-0.2, 0) is 0 Å². The summed E-state index contributed by atoms with van der Waals surface area (Å²) in [6.45, 7) is 3.24. The average Bonchev–Trinajstić information content (AvgIpc) is 2.37. The highest BCUT2D eigenvalue weighted by atomic mass is 15.2. The number of nitrogens with one attached hydrogen (secondary N) is 1. The van der Waals surface area contributed by atoms with E-state index in [1.807, 2.05) is 12.1 Å². The lowest BCUT2D eigenvalue weighted by molar-refractivity contribution is 0.390. The van der Waals surface area contributed by atoms with Crippen LogP contribution in [0.25, 0.3) is 10.8 Å². The lowest BCUT2D eigenvalue weighted by Crippen LogP contribution is -2.23. The second kappa shape index (κ2) is 5.78. The molecule has 0 fully saturated rings. The maximum absolute atomic E-state index is 4.20. The highest BCUT2D eigenvalue weighted by molar-refractivity contribution is 5.90. The predicted molar refractivity (Wildman–Crippen MR) is 75.8 cm³/mol. The number of aromatic nitrogens is 2. The van der Waals surface area contributed by atoms with Crippen LogP contribution in [0.3, 0.4) is 0 Å². The fourth-order valence-corrected chi connectivity index (χ4v) is 1.89. The van der Waals surface area contributed by atoms with Crippen molar-refractivity contribution in [2.24, 2.45) is 0 Å². The van der Waals surface area contributed by atoms with Crippen LogP contribution in [-0.4, -0.2) is 41.8 Å². The zero-order valence-corrected chi connectivity index (χ0v) is 11.2. The number of hydrogen-bond donors (Lipinski definition) is 1. The van der Waals surface area contributed by atoms with Gasteiger partial charge in [0.2, 0.25) is 0 Å². The van der Waals surface area contributed by atoms with Gasteiger partial charge < -0.3 is 10.2 Å². The average molecular weight is 244 g/mol. The quantitative estimate of drug-likeness (QED) is 0.876. The third-order valence-corrected chi connectivity index (χ3v) is 2.96. The molecule has 0 aliphatic rings. The standard InChI is InChI=1S/C14H20N4/c1-11(8-9-18(2)3)16-14-13-7-5-4-6-12(13)10-15-17-14/h4-7,10-11H,8-9H2,1-3H3,(H,16,17). The van der Waals surface area contributed by atoms with Crippen LogP contribution in [0, 0.1) is 0 Å². The summed E-state index contributed by atoms with van der Waals surface area (Å²) in [6.07, 6.45) is 2.88. The molecule has 1 aromatic carbocycles. The molecule has 18 heavy (non-hydrogen) atoms. The van der Waals surface area contributed by atoms with E-state index in [9.17, 15) is 0 Å². The Morgan fingerprint density at radius 2 is 2.06 bits per heavy atom. The van der Waals surface area contributed by atoms with E-state index in [0.29, 0.717) is 6.04 Å². The number of nitrogens with zero attached hydrogens (tertiary/aromatic N) is 3. The number of benzene rings is 1. The molecule has 0 radical (unpaired) electrons. The minimum atomic E-state index is 0.382. The minimum absolute atomic E-state index is 0.382. The van der Waals surface area contributed by atoms with Gasteiger partial charge in [0.25, 0.3) is 0 Å². The fourth-order valence-electron chi connectivity index (χ4n) is 1.89. The van der Waals surface area contributed by atoms with E-state index >= 15 is 0 Å². The maximum Gasteiger partial charge on any atom is 0.156 e. The maximum atomic E-state index is 4.20. The molecule has 1 heterocycles. The Morgan fingerprint density at radius 3 is 2.83 bits per heavy atom.